The summed E-state index contributed by atoms with van der Waals surface area (Å²) in [7, 11) is 2.07. The number of ether oxygens (including phenoxy) is 1. The van der Waals surface area contributed by atoms with Gasteiger partial charge in [0, 0.05) is 25.9 Å². The highest BCUT2D eigenvalue weighted by molar-refractivity contribution is 5.42. The van der Waals surface area contributed by atoms with E-state index in [9.17, 15) is 0 Å². The zero-order valence-corrected chi connectivity index (χ0v) is 10.8. The smallest absolute Gasteiger partial charge is 0.128 e. The van der Waals surface area contributed by atoms with Gasteiger partial charge in [0.15, 0.2) is 0 Å². The van der Waals surface area contributed by atoms with Crippen LogP contribution < -0.4 is 10.6 Å². The molecule has 4 heteroatoms. The maximum atomic E-state index is 5.89. The Labute approximate surface area is 103 Å². The zero-order valence-electron chi connectivity index (χ0n) is 10.8. The minimum atomic E-state index is 0.0439. The second-order valence-corrected chi connectivity index (χ2v) is 4.78. The maximum absolute atomic E-state index is 5.89. The standard InChI is InChI=1S/C13H21N3O/c1-9(14)11-4-6-15-13(8-11)16(3)12-5-7-17-10(12)2/h4,6,8-10,12H,5,7,14H2,1-3H3. The van der Waals surface area contributed by atoms with E-state index in [1.165, 1.54) is 0 Å². The van der Waals surface area contributed by atoms with Gasteiger partial charge in [-0.15, -0.1) is 0 Å². The van der Waals surface area contributed by atoms with Gasteiger partial charge >= 0.3 is 0 Å². The van der Waals surface area contributed by atoms with E-state index < -0.39 is 0 Å². The van der Waals surface area contributed by atoms with Crippen LogP contribution in [0.2, 0.25) is 0 Å². The van der Waals surface area contributed by atoms with Crippen LogP contribution in [-0.4, -0.2) is 30.8 Å². The van der Waals surface area contributed by atoms with Crippen LogP contribution in [0, 0.1) is 0 Å². The molecule has 3 atom stereocenters. The summed E-state index contributed by atoms with van der Waals surface area (Å²) in [6.45, 7) is 4.94. The molecule has 1 fully saturated rings. The van der Waals surface area contributed by atoms with Crippen molar-refractivity contribution in [1.82, 2.24) is 4.98 Å². The van der Waals surface area contributed by atoms with Gasteiger partial charge in [0.2, 0.25) is 0 Å². The van der Waals surface area contributed by atoms with Crippen LogP contribution in [0.25, 0.3) is 0 Å². The zero-order chi connectivity index (χ0) is 12.4. The molecule has 1 aliphatic heterocycles. The molecule has 2 N–H and O–H groups in total. The lowest BCUT2D eigenvalue weighted by molar-refractivity contribution is 0.118. The molecule has 4 nitrogen and oxygen atoms in total. The van der Waals surface area contributed by atoms with E-state index in [1.54, 1.807) is 0 Å². The Bertz CT molecular complexity index is 381. The Kier molecular flexibility index (Phi) is 3.64. The van der Waals surface area contributed by atoms with Gasteiger partial charge in [-0.2, -0.15) is 0 Å². The average molecular weight is 235 g/mol. The lowest BCUT2D eigenvalue weighted by Gasteiger charge is -2.28. The van der Waals surface area contributed by atoms with Crippen molar-refractivity contribution >= 4 is 5.82 Å². The van der Waals surface area contributed by atoms with Crippen molar-refractivity contribution in [2.75, 3.05) is 18.6 Å². The number of rotatable bonds is 3. The molecule has 0 aromatic carbocycles. The summed E-state index contributed by atoms with van der Waals surface area (Å²) in [5.74, 6) is 0.974. The van der Waals surface area contributed by atoms with Gasteiger partial charge in [-0.05, 0) is 38.0 Å². The van der Waals surface area contributed by atoms with Gasteiger partial charge in [-0.3, -0.25) is 0 Å². The van der Waals surface area contributed by atoms with E-state index in [0.717, 1.165) is 24.4 Å². The molecule has 3 unspecified atom stereocenters. The molecule has 1 aliphatic rings. The predicted molar refractivity (Wildman–Crippen MR) is 69.1 cm³/mol. The number of pyridine rings is 1. The van der Waals surface area contributed by atoms with Crippen molar-refractivity contribution in [2.45, 2.75) is 38.5 Å². The van der Waals surface area contributed by atoms with Crippen LogP contribution in [0.4, 0.5) is 5.82 Å². The molecule has 0 aliphatic carbocycles. The summed E-state index contributed by atoms with van der Waals surface area (Å²) in [5.41, 5.74) is 7.01. The van der Waals surface area contributed by atoms with Gasteiger partial charge in [-0.1, -0.05) is 0 Å². The summed E-state index contributed by atoms with van der Waals surface area (Å²) in [6, 6.07) is 4.49. The fourth-order valence-electron chi connectivity index (χ4n) is 2.31. The number of aromatic nitrogens is 1. The molecule has 94 valence electrons. The molecule has 1 saturated heterocycles. The maximum Gasteiger partial charge on any atom is 0.128 e. The van der Waals surface area contributed by atoms with Gasteiger partial charge in [-0.25, -0.2) is 4.98 Å². The summed E-state index contributed by atoms with van der Waals surface area (Å²) >= 11 is 0. The minimum Gasteiger partial charge on any atom is -0.376 e. The SMILES string of the molecule is CC(N)c1ccnc(N(C)C2CCOC2C)c1. The molecule has 17 heavy (non-hydrogen) atoms. The second-order valence-electron chi connectivity index (χ2n) is 4.78. The monoisotopic (exact) mass is 235 g/mol. The normalized spacial score (nSPS) is 25.9. The van der Waals surface area contributed by atoms with Gasteiger partial charge in [0.25, 0.3) is 0 Å². The fourth-order valence-corrected chi connectivity index (χ4v) is 2.31. The van der Waals surface area contributed by atoms with Crippen LogP contribution in [-0.2, 0) is 4.74 Å². The van der Waals surface area contributed by atoms with E-state index in [1.807, 2.05) is 19.2 Å². The van der Waals surface area contributed by atoms with Gasteiger partial charge < -0.3 is 15.4 Å². The number of hydrogen-bond donors (Lipinski definition) is 1. The summed E-state index contributed by atoms with van der Waals surface area (Å²) < 4.78 is 5.59. The third-order valence-corrected chi connectivity index (χ3v) is 3.49. The Morgan fingerprint density at radius 2 is 2.35 bits per heavy atom. The van der Waals surface area contributed by atoms with Crippen molar-refractivity contribution in [3.05, 3.63) is 23.9 Å². The third kappa shape index (κ3) is 2.58. The fraction of sp³-hybridized carbons (Fsp3) is 0.615. The highest BCUT2D eigenvalue weighted by Gasteiger charge is 2.28. The van der Waals surface area contributed by atoms with Crippen LogP contribution in [0.15, 0.2) is 18.3 Å². The third-order valence-electron chi connectivity index (χ3n) is 3.49. The molecule has 0 radical (unpaired) electrons. The minimum absolute atomic E-state index is 0.0439. The van der Waals surface area contributed by atoms with Crippen LogP contribution >= 0.6 is 0 Å². The first-order valence-corrected chi connectivity index (χ1v) is 6.15. The first-order valence-electron chi connectivity index (χ1n) is 6.15. The topological polar surface area (TPSA) is 51.4 Å². The molecule has 2 rings (SSSR count). The average Bonchev–Trinajstić information content (AvgIpc) is 2.74. The van der Waals surface area contributed by atoms with Gasteiger partial charge in [0.1, 0.15) is 5.82 Å². The molecular weight excluding hydrogens is 214 g/mol. The second kappa shape index (κ2) is 5.02. The molecule has 1 aromatic rings. The molecule has 1 aromatic heterocycles. The van der Waals surface area contributed by atoms with Crippen molar-refractivity contribution in [3.63, 3.8) is 0 Å². The van der Waals surface area contributed by atoms with E-state index in [-0.39, 0.29) is 12.1 Å². The highest BCUT2D eigenvalue weighted by atomic mass is 16.5. The first kappa shape index (κ1) is 12.3. The van der Waals surface area contributed by atoms with Crippen molar-refractivity contribution in [3.8, 4) is 0 Å². The number of anilines is 1. The predicted octanol–water partition coefficient (Wildman–Crippen LogP) is 1.71. The quantitative estimate of drug-likeness (QED) is 0.866. The first-order chi connectivity index (χ1) is 8.09. The van der Waals surface area contributed by atoms with E-state index >= 15 is 0 Å². The Hall–Kier alpha value is -1.13. The van der Waals surface area contributed by atoms with Crippen molar-refractivity contribution in [1.29, 1.82) is 0 Å². The molecule has 0 bridgehead atoms. The van der Waals surface area contributed by atoms with Crippen molar-refractivity contribution < 1.29 is 4.74 Å². The summed E-state index contributed by atoms with van der Waals surface area (Å²) in [4.78, 5) is 6.61. The Balaban J connectivity index is 2.18. The lowest BCUT2D eigenvalue weighted by atomic mass is 10.1. The molecule has 0 amide bonds. The van der Waals surface area contributed by atoms with E-state index in [4.69, 9.17) is 10.5 Å². The Morgan fingerprint density at radius 3 is 2.94 bits per heavy atom. The number of hydrogen-bond acceptors (Lipinski definition) is 4. The summed E-state index contributed by atoms with van der Waals surface area (Å²) in [5, 5.41) is 0. The highest BCUT2D eigenvalue weighted by Crippen LogP contribution is 2.24. The molecular formula is C13H21N3O. The van der Waals surface area contributed by atoms with E-state index in [0.29, 0.717) is 6.04 Å². The molecule has 2 heterocycles. The van der Waals surface area contributed by atoms with Crippen molar-refractivity contribution in [2.24, 2.45) is 5.73 Å². The van der Waals surface area contributed by atoms with Crippen LogP contribution in [0.5, 0.6) is 0 Å². The largest absolute Gasteiger partial charge is 0.376 e. The number of nitrogens with zero attached hydrogens (tertiary/aromatic N) is 2. The molecule has 0 spiro atoms. The van der Waals surface area contributed by atoms with Crippen LogP contribution in [0.1, 0.15) is 31.9 Å². The van der Waals surface area contributed by atoms with Crippen LogP contribution in [0.3, 0.4) is 0 Å². The number of likely N-dealkylation sites (N-methyl/N-ethyl adjacent to an activating group) is 1. The summed E-state index contributed by atoms with van der Waals surface area (Å²) in [6.07, 6.45) is 3.15. The Morgan fingerprint density at radius 1 is 1.59 bits per heavy atom. The lowest BCUT2D eigenvalue weighted by Crippen LogP contribution is -2.37. The van der Waals surface area contributed by atoms with Gasteiger partial charge in [0.05, 0.1) is 12.1 Å². The van der Waals surface area contributed by atoms with E-state index in [2.05, 4.69) is 29.9 Å². The number of nitrogens with two attached hydrogens (primary N) is 1. The molecule has 0 saturated carbocycles.